The fraction of sp³-hybridized carbons (Fsp3) is 0.286. The lowest BCUT2D eigenvalue weighted by Gasteiger charge is -2.09. The Kier molecular flexibility index (Phi) is 4.58. The number of nitrogens with zero attached hydrogens (tertiary/aromatic N) is 2. The van der Waals surface area contributed by atoms with Crippen molar-refractivity contribution >= 4 is 17.4 Å². The van der Waals surface area contributed by atoms with E-state index in [1.807, 2.05) is 38.1 Å². The number of aromatic nitrogens is 2. The van der Waals surface area contributed by atoms with Crippen LogP contribution in [0.3, 0.4) is 0 Å². The Labute approximate surface area is 117 Å². The molecule has 2 aromatic rings. The van der Waals surface area contributed by atoms with Gasteiger partial charge in [-0.3, -0.25) is 0 Å². The molecule has 0 atom stereocenters. The minimum absolute atomic E-state index is 0.590. The van der Waals surface area contributed by atoms with Crippen molar-refractivity contribution in [3.05, 3.63) is 46.7 Å². The van der Waals surface area contributed by atoms with Gasteiger partial charge in [0.05, 0.1) is 6.61 Å². The first-order chi connectivity index (χ1) is 9.17. The van der Waals surface area contributed by atoms with E-state index < -0.39 is 0 Å². The third kappa shape index (κ3) is 4.10. The average Bonchev–Trinajstić information content (AvgIpc) is 2.38. The van der Waals surface area contributed by atoms with Crippen LogP contribution in [-0.4, -0.2) is 16.6 Å². The van der Waals surface area contributed by atoms with Crippen LogP contribution in [0.25, 0.3) is 0 Å². The van der Waals surface area contributed by atoms with Gasteiger partial charge in [-0.1, -0.05) is 23.7 Å². The second-order valence-electron chi connectivity index (χ2n) is 4.05. The molecule has 1 aromatic carbocycles. The number of hydrogen-bond donors (Lipinski definition) is 1. The van der Waals surface area contributed by atoms with Crippen molar-refractivity contribution < 1.29 is 4.74 Å². The molecule has 100 valence electrons. The smallest absolute Gasteiger partial charge is 0.218 e. The Morgan fingerprint density at radius 3 is 2.63 bits per heavy atom. The summed E-state index contributed by atoms with van der Waals surface area (Å²) in [5, 5.41) is 3.98. The fourth-order valence-corrected chi connectivity index (χ4v) is 1.77. The Balaban J connectivity index is 2.04. The molecule has 0 saturated heterocycles. The number of nitrogens with one attached hydrogen (secondary N) is 1. The topological polar surface area (TPSA) is 47.0 Å². The summed E-state index contributed by atoms with van der Waals surface area (Å²) < 4.78 is 5.39. The molecule has 0 fully saturated rings. The van der Waals surface area contributed by atoms with Crippen LogP contribution >= 0.6 is 11.6 Å². The number of ether oxygens (including phenoxy) is 1. The molecule has 0 saturated carbocycles. The first-order valence-corrected chi connectivity index (χ1v) is 6.52. The Hall–Kier alpha value is -1.81. The van der Waals surface area contributed by atoms with E-state index in [1.165, 1.54) is 0 Å². The first-order valence-electron chi connectivity index (χ1n) is 6.14. The number of hydrogen-bond acceptors (Lipinski definition) is 4. The number of halogens is 1. The predicted molar refractivity (Wildman–Crippen MR) is 76.7 cm³/mol. The molecule has 0 aliphatic rings. The highest BCUT2D eigenvalue weighted by atomic mass is 35.5. The number of aryl methyl sites for hydroxylation is 1. The van der Waals surface area contributed by atoms with Crippen molar-refractivity contribution in [1.29, 1.82) is 0 Å². The largest absolute Gasteiger partial charge is 0.478 e. The molecule has 0 amide bonds. The number of benzene rings is 1. The quantitative estimate of drug-likeness (QED) is 0.909. The van der Waals surface area contributed by atoms with Crippen molar-refractivity contribution in [2.75, 3.05) is 11.9 Å². The number of rotatable bonds is 5. The lowest BCUT2D eigenvalue weighted by atomic mass is 10.2. The minimum atomic E-state index is 0.590. The average molecular weight is 278 g/mol. The molecule has 0 unspecified atom stereocenters. The Bertz CT molecular complexity index is 543. The van der Waals surface area contributed by atoms with Crippen LogP contribution < -0.4 is 10.1 Å². The summed E-state index contributed by atoms with van der Waals surface area (Å²) in [5.41, 5.74) is 1.14. The molecule has 1 aromatic heterocycles. The summed E-state index contributed by atoms with van der Waals surface area (Å²) in [7, 11) is 0. The highest BCUT2D eigenvalue weighted by Gasteiger charge is 2.02. The molecular weight excluding hydrogens is 262 g/mol. The highest BCUT2D eigenvalue weighted by Crippen LogP contribution is 2.15. The summed E-state index contributed by atoms with van der Waals surface area (Å²) >= 11 is 5.85. The van der Waals surface area contributed by atoms with Crippen molar-refractivity contribution in [2.45, 2.75) is 20.4 Å². The lowest BCUT2D eigenvalue weighted by molar-refractivity contribution is 0.325. The van der Waals surface area contributed by atoms with Crippen molar-refractivity contribution in [1.82, 2.24) is 9.97 Å². The summed E-state index contributed by atoms with van der Waals surface area (Å²) in [6.45, 7) is 5.04. The van der Waals surface area contributed by atoms with Crippen LogP contribution in [0.5, 0.6) is 5.88 Å². The van der Waals surface area contributed by atoms with Gasteiger partial charge in [0.1, 0.15) is 11.6 Å². The molecule has 0 radical (unpaired) electrons. The molecule has 0 bridgehead atoms. The maximum atomic E-state index is 5.85. The molecule has 4 nitrogen and oxygen atoms in total. The zero-order valence-electron chi connectivity index (χ0n) is 11.0. The van der Waals surface area contributed by atoms with Gasteiger partial charge < -0.3 is 10.1 Å². The third-order valence-electron chi connectivity index (χ3n) is 2.49. The summed E-state index contributed by atoms with van der Waals surface area (Å²) in [6.07, 6.45) is 0. The van der Waals surface area contributed by atoms with Crippen molar-refractivity contribution in [2.24, 2.45) is 0 Å². The molecular formula is C14H16ClN3O. The van der Waals surface area contributed by atoms with Gasteiger partial charge in [0.15, 0.2) is 0 Å². The second-order valence-corrected chi connectivity index (χ2v) is 4.49. The van der Waals surface area contributed by atoms with Crippen LogP contribution in [0.4, 0.5) is 5.82 Å². The summed E-state index contributed by atoms with van der Waals surface area (Å²) in [5.74, 6) is 2.03. The van der Waals surface area contributed by atoms with Crippen molar-refractivity contribution in [3.63, 3.8) is 0 Å². The first kappa shape index (κ1) is 13.6. The molecule has 1 N–H and O–H groups in total. The van der Waals surface area contributed by atoms with E-state index in [9.17, 15) is 0 Å². The summed E-state index contributed by atoms with van der Waals surface area (Å²) in [4.78, 5) is 8.52. The van der Waals surface area contributed by atoms with Gasteiger partial charge in [0.25, 0.3) is 0 Å². The number of anilines is 1. The Morgan fingerprint density at radius 1 is 1.21 bits per heavy atom. The van der Waals surface area contributed by atoms with Gasteiger partial charge in [0, 0.05) is 17.6 Å². The van der Waals surface area contributed by atoms with Gasteiger partial charge in [-0.05, 0) is 31.5 Å². The van der Waals surface area contributed by atoms with Crippen LogP contribution in [-0.2, 0) is 6.54 Å². The maximum Gasteiger partial charge on any atom is 0.218 e. The SMILES string of the molecule is CCOc1cc(NCc2ccc(Cl)cc2)nc(C)n1. The summed E-state index contributed by atoms with van der Waals surface area (Å²) in [6, 6.07) is 9.50. The molecule has 1 heterocycles. The molecule has 0 aliphatic heterocycles. The van der Waals surface area contributed by atoms with E-state index in [1.54, 1.807) is 6.07 Å². The van der Waals surface area contributed by atoms with Gasteiger partial charge in [-0.15, -0.1) is 0 Å². The maximum absolute atomic E-state index is 5.85. The van der Waals surface area contributed by atoms with Gasteiger partial charge in [-0.25, -0.2) is 4.98 Å². The predicted octanol–water partition coefficient (Wildman–Crippen LogP) is 3.45. The molecule has 0 aliphatic carbocycles. The Morgan fingerprint density at radius 2 is 1.95 bits per heavy atom. The van der Waals surface area contributed by atoms with Gasteiger partial charge in [-0.2, -0.15) is 4.98 Å². The van der Waals surface area contributed by atoms with Crippen LogP contribution in [0.2, 0.25) is 5.02 Å². The van der Waals surface area contributed by atoms with E-state index in [0.717, 1.165) is 16.4 Å². The minimum Gasteiger partial charge on any atom is -0.478 e. The van der Waals surface area contributed by atoms with Crippen LogP contribution in [0.15, 0.2) is 30.3 Å². The zero-order chi connectivity index (χ0) is 13.7. The second kappa shape index (κ2) is 6.38. The fourth-order valence-electron chi connectivity index (χ4n) is 1.65. The van der Waals surface area contributed by atoms with E-state index in [2.05, 4.69) is 15.3 Å². The van der Waals surface area contributed by atoms with Gasteiger partial charge in [0.2, 0.25) is 5.88 Å². The van der Waals surface area contributed by atoms with E-state index in [4.69, 9.17) is 16.3 Å². The lowest BCUT2D eigenvalue weighted by Crippen LogP contribution is -2.05. The molecule has 5 heteroatoms. The monoisotopic (exact) mass is 277 g/mol. The molecule has 2 rings (SSSR count). The van der Waals surface area contributed by atoms with E-state index >= 15 is 0 Å². The van der Waals surface area contributed by atoms with E-state index in [0.29, 0.717) is 24.9 Å². The van der Waals surface area contributed by atoms with Crippen LogP contribution in [0, 0.1) is 6.92 Å². The third-order valence-corrected chi connectivity index (χ3v) is 2.75. The van der Waals surface area contributed by atoms with Gasteiger partial charge >= 0.3 is 0 Å². The molecule has 19 heavy (non-hydrogen) atoms. The standard InChI is InChI=1S/C14H16ClN3O/c1-3-19-14-8-13(17-10(2)18-14)16-9-11-4-6-12(15)7-5-11/h4-8H,3,9H2,1-2H3,(H,16,17,18). The van der Waals surface area contributed by atoms with Crippen molar-refractivity contribution in [3.8, 4) is 5.88 Å². The van der Waals surface area contributed by atoms with E-state index in [-0.39, 0.29) is 0 Å². The normalized spacial score (nSPS) is 10.3. The van der Waals surface area contributed by atoms with Crippen LogP contribution in [0.1, 0.15) is 18.3 Å². The highest BCUT2D eigenvalue weighted by molar-refractivity contribution is 6.30. The zero-order valence-corrected chi connectivity index (χ0v) is 11.7. The molecule has 0 spiro atoms.